The maximum Gasteiger partial charge on any atom is 0.574 e. The Labute approximate surface area is 92.4 Å². The van der Waals surface area contributed by atoms with E-state index in [0.29, 0.717) is 0 Å². The zero-order valence-corrected chi connectivity index (χ0v) is 8.26. The summed E-state index contributed by atoms with van der Waals surface area (Å²) in [5, 5.41) is 0. The Morgan fingerprint density at radius 2 is 1.94 bits per heavy atom. The summed E-state index contributed by atoms with van der Waals surface area (Å²) >= 11 is 0. The fourth-order valence-electron chi connectivity index (χ4n) is 1.19. The summed E-state index contributed by atoms with van der Waals surface area (Å²) in [6, 6.07) is 0.977. The second-order valence-corrected chi connectivity index (χ2v) is 2.98. The average molecular weight is 257 g/mol. The molecule has 96 valence electrons. The number of anilines is 1. The van der Waals surface area contributed by atoms with Crippen LogP contribution in [0.25, 0.3) is 0 Å². The standard InChI is InChI=1S/C8H8F5N3O/c9-6(10)5-3(2-14)1-4(15)16-7(5)17-8(11,12)13/h1,6H,2,14H2,(H2,15,16). The topological polar surface area (TPSA) is 74.2 Å². The predicted octanol–water partition coefficient (Wildman–Crippen LogP) is 1.96. The van der Waals surface area contributed by atoms with Gasteiger partial charge in [0, 0.05) is 6.54 Å². The molecule has 0 unspecified atom stereocenters. The van der Waals surface area contributed by atoms with Crippen LogP contribution in [0.4, 0.5) is 27.8 Å². The monoisotopic (exact) mass is 257 g/mol. The van der Waals surface area contributed by atoms with Crippen molar-refractivity contribution in [2.75, 3.05) is 5.73 Å². The van der Waals surface area contributed by atoms with Crippen molar-refractivity contribution in [3.05, 3.63) is 17.2 Å². The van der Waals surface area contributed by atoms with E-state index < -0.39 is 30.8 Å². The van der Waals surface area contributed by atoms with Crippen molar-refractivity contribution < 1.29 is 26.7 Å². The van der Waals surface area contributed by atoms with Gasteiger partial charge in [-0.1, -0.05) is 0 Å². The van der Waals surface area contributed by atoms with Gasteiger partial charge in [-0.05, 0) is 11.6 Å². The molecule has 0 bridgehead atoms. The number of nitrogens with zero attached hydrogens (tertiary/aromatic N) is 1. The number of alkyl halides is 5. The SMILES string of the molecule is NCc1cc(N)nc(OC(F)(F)F)c1C(F)F. The molecule has 0 aliphatic carbocycles. The first-order valence-electron chi connectivity index (χ1n) is 4.28. The Morgan fingerprint density at radius 3 is 2.35 bits per heavy atom. The molecule has 0 saturated heterocycles. The Bertz CT molecular complexity index is 407. The van der Waals surface area contributed by atoms with Gasteiger partial charge in [0.2, 0.25) is 5.88 Å². The molecule has 1 aromatic rings. The van der Waals surface area contributed by atoms with Gasteiger partial charge in [0.1, 0.15) is 5.82 Å². The molecule has 0 atom stereocenters. The molecule has 0 aromatic carbocycles. The van der Waals surface area contributed by atoms with Gasteiger partial charge < -0.3 is 16.2 Å². The minimum absolute atomic E-state index is 0.244. The van der Waals surface area contributed by atoms with Crippen molar-refractivity contribution in [2.24, 2.45) is 5.73 Å². The quantitative estimate of drug-likeness (QED) is 0.812. The Hall–Kier alpha value is -1.64. The second kappa shape index (κ2) is 4.70. The number of hydrogen-bond acceptors (Lipinski definition) is 4. The van der Waals surface area contributed by atoms with E-state index in [2.05, 4.69) is 9.72 Å². The highest BCUT2D eigenvalue weighted by atomic mass is 19.4. The first kappa shape index (κ1) is 13.4. The third-order valence-corrected chi connectivity index (χ3v) is 1.78. The molecule has 17 heavy (non-hydrogen) atoms. The number of nitrogens with two attached hydrogens (primary N) is 2. The molecule has 0 aliphatic rings. The molecule has 1 heterocycles. The summed E-state index contributed by atoms with van der Waals surface area (Å²) in [6.07, 6.45) is -8.32. The van der Waals surface area contributed by atoms with Crippen molar-refractivity contribution in [1.82, 2.24) is 4.98 Å². The zero-order chi connectivity index (χ0) is 13.2. The van der Waals surface area contributed by atoms with Crippen molar-refractivity contribution in [1.29, 1.82) is 0 Å². The summed E-state index contributed by atoms with van der Waals surface area (Å²) in [5.41, 5.74) is 9.06. The largest absolute Gasteiger partial charge is 0.574 e. The molecule has 1 rings (SSSR count). The summed E-state index contributed by atoms with van der Waals surface area (Å²) < 4.78 is 64.5. The van der Waals surface area contributed by atoms with Crippen molar-refractivity contribution in [3.63, 3.8) is 0 Å². The van der Waals surface area contributed by atoms with E-state index in [-0.39, 0.29) is 11.4 Å². The van der Waals surface area contributed by atoms with Gasteiger partial charge in [-0.2, -0.15) is 4.98 Å². The molecular formula is C8H8F5N3O. The number of hydrogen-bond donors (Lipinski definition) is 2. The van der Waals surface area contributed by atoms with Crippen LogP contribution in [0, 0.1) is 0 Å². The first-order chi connectivity index (χ1) is 7.74. The second-order valence-electron chi connectivity index (χ2n) is 2.98. The fourth-order valence-corrected chi connectivity index (χ4v) is 1.19. The van der Waals surface area contributed by atoms with Gasteiger partial charge in [-0.25, -0.2) is 8.78 Å². The third-order valence-electron chi connectivity index (χ3n) is 1.78. The van der Waals surface area contributed by atoms with Gasteiger partial charge in [0.05, 0.1) is 5.56 Å². The van der Waals surface area contributed by atoms with Gasteiger partial charge in [-0.3, -0.25) is 0 Å². The van der Waals surface area contributed by atoms with Crippen LogP contribution >= 0.6 is 0 Å². The molecule has 0 saturated carbocycles. The molecule has 4 N–H and O–H groups in total. The van der Waals surface area contributed by atoms with Crippen LogP contribution in [-0.2, 0) is 6.54 Å². The smallest absolute Gasteiger partial charge is 0.387 e. The Balaban J connectivity index is 3.30. The summed E-state index contributed by atoms with van der Waals surface area (Å²) in [6.45, 7) is -0.402. The van der Waals surface area contributed by atoms with Crippen LogP contribution in [0.5, 0.6) is 5.88 Å². The summed E-state index contributed by atoms with van der Waals surface area (Å²) in [7, 11) is 0. The molecule has 0 amide bonds. The van der Waals surface area contributed by atoms with Crippen molar-refractivity contribution in [2.45, 2.75) is 19.3 Å². The van der Waals surface area contributed by atoms with Crippen LogP contribution < -0.4 is 16.2 Å². The van der Waals surface area contributed by atoms with Crippen molar-refractivity contribution >= 4 is 5.82 Å². The number of rotatable bonds is 3. The highest BCUT2D eigenvalue weighted by Gasteiger charge is 2.35. The highest BCUT2D eigenvalue weighted by molar-refractivity contribution is 5.45. The van der Waals surface area contributed by atoms with E-state index in [9.17, 15) is 22.0 Å². The molecule has 1 aromatic heterocycles. The first-order valence-corrected chi connectivity index (χ1v) is 4.28. The number of aromatic nitrogens is 1. The van der Waals surface area contributed by atoms with E-state index in [1.165, 1.54) is 0 Å². The van der Waals surface area contributed by atoms with Crippen molar-refractivity contribution in [3.8, 4) is 5.88 Å². The number of pyridine rings is 1. The molecule has 0 aliphatic heterocycles. The zero-order valence-electron chi connectivity index (χ0n) is 8.26. The molecule has 4 nitrogen and oxygen atoms in total. The lowest BCUT2D eigenvalue weighted by molar-refractivity contribution is -0.276. The molecular weight excluding hydrogens is 249 g/mol. The lowest BCUT2D eigenvalue weighted by Gasteiger charge is -2.15. The maximum atomic E-state index is 12.6. The lowest BCUT2D eigenvalue weighted by atomic mass is 10.1. The third kappa shape index (κ3) is 3.41. The van der Waals surface area contributed by atoms with Crippen LogP contribution in [0.1, 0.15) is 17.6 Å². The van der Waals surface area contributed by atoms with Crippen LogP contribution in [0.2, 0.25) is 0 Å². The summed E-state index contributed by atoms with van der Waals surface area (Å²) in [4.78, 5) is 3.09. The van der Waals surface area contributed by atoms with E-state index in [1.807, 2.05) is 0 Å². The van der Waals surface area contributed by atoms with Crippen LogP contribution in [0.15, 0.2) is 6.07 Å². The highest BCUT2D eigenvalue weighted by Crippen LogP contribution is 2.34. The van der Waals surface area contributed by atoms with Gasteiger partial charge in [0.15, 0.2) is 0 Å². The minimum Gasteiger partial charge on any atom is -0.387 e. The van der Waals surface area contributed by atoms with E-state index in [1.54, 1.807) is 0 Å². The van der Waals surface area contributed by atoms with Crippen LogP contribution in [-0.4, -0.2) is 11.3 Å². The Morgan fingerprint density at radius 1 is 1.35 bits per heavy atom. The number of ether oxygens (including phenoxy) is 1. The Kier molecular flexibility index (Phi) is 3.71. The van der Waals surface area contributed by atoms with Gasteiger partial charge >= 0.3 is 6.36 Å². The van der Waals surface area contributed by atoms with Crippen LogP contribution in [0.3, 0.4) is 0 Å². The van der Waals surface area contributed by atoms with Gasteiger partial charge in [-0.15, -0.1) is 13.2 Å². The van der Waals surface area contributed by atoms with E-state index in [4.69, 9.17) is 11.5 Å². The van der Waals surface area contributed by atoms with Gasteiger partial charge in [0.25, 0.3) is 6.43 Å². The average Bonchev–Trinajstić information content (AvgIpc) is 2.12. The maximum absolute atomic E-state index is 12.6. The molecule has 0 fully saturated rings. The molecule has 0 spiro atoms. The minimum atomic E-state index is -5.13. The molecule has 0 radical (unpaired) electrons. The molecule has 9 heteroatoms. The van der Waals surface area contributed by atoms with E-state index in [0.717, 1.165) is 6.07 Å². The number of halogens is 5. The summed E-state index contributed by atoms with van der Waals surface area (Å²) in [5.74, 6) is -1.65. The normalized spacial score (nSPS) is 11.9. The number of nitrogen functional groups attached to an aromatic ring is 1. The van der Waals surface area contributed by atoms with E-state index >= 15 is 0 Å². The predicted molar refractivity (Wildman–Crippen MR) is 48.2 cm³/mol. The lowest BCUT2D eigenvalue weighted by Crippen LogP contribution is -2.20. The fraction of sp³-hybridized carbons (Fsp3) is 0.375.